The second-order valence-corrected chi connectivity index (χ2v) is 3.58. The van der Waals surface area contributed by atoms with Crippen LogP contribution in [0.5, 0.6) is 0 Å². The van der Waals surface area contributed by atoms with Crippen molar-refractivity contribution >= 4 is 5.69 Å². The molecule has 0 radical (unpaired) electrons. The maximum absolute atomic E-state index is 13.1. The van der Waals surface area contributed by atoms with E-state index in [1.807, 2.05) is 13.0 Å². The number of hydrogen-bond acceptors (Lipinski definition) is 4. The zero-order valence-corrected chi connectivity index (χ0v) is 9.11. The molecule has 0 aliphatic rings. The zero-order chi connectivity index (χ0) is 12.4. The summed E-state index contributed by atoms with van der Waals surface area (Å²) in [6.07, 6.45) is 0.990. The van der Waals surface area contributed by atoms with Gasteiger partial charge in [0, 0.05) is 11.3 Å². The van der Waals surface area contributed by atoms with Gasteiger partial charge in [0.15, 0.2) is 17.3 Å². The lowest BCUT2D eigenvalue weighted by atomic mass is 10.1. The third-order valence-corrected chi connectivity index (χ3v) is 2.35. The Morgan fingerprint density at radius 3 is 2.88 bits per heavy atom. The lowest BCUT2D eigenvalue weighted by Crippen LogP contribution is -1.98. The predicted octanol–water partition coefficient (Wildman–Crippen LogP) is 2.04. The molecular weight excluding hydrogens is 219 g/mol. The van der Waals surface area contributed by atoms with Crippen LogP contribution in [0.2, 0.25) is 0 Å². The summed E-state index contributed by atoms with van der Waals surface area (Å²) in [6.45, 7) is 1.87. The maximum Gasteiger partial charge on any atom is 0.180 e. The minimum atomic E-state index is -0.724. The highest BCUT2D eigenvalue weighted by atomic mass is 19.1. The lowest BCUT2D eigenvalue weighted by molar-refractivity contribution is 0.609. The molecular formula is C12H9FN4. The molecule has 5 heteroatoms. The van der Waals surface area contributed by atoms with Crippen molar-refractivity contribution in [3.05, 3.63) is 41.5 Å². The van der Waals surface area contributed by atoms with Crippen LogP contribution in [0.15, 0.2) is 24.4 Å². The van der Waals surface area contributed by atoms with E-state index < -0.39 is 5.82 Å². The average molecular weight is 228 g/mol. The molecule has 2 rings (SSSR count). The van der Waals surface area contributed by atoms with Gasteiger partial charge in [0.05, 0.1) is 6.20 Å². The molecule has 0 bridgehead atoms. The molecule has 1 aromatic carbocycles. The first-order valence-electron chi connectivity index (χ1n) is 4.91. The molecule has 0 atom stereocenters. The highest BCUT2D eigenvalue weighted by Crippen LogP contribution is 2.22. The van der Waals surface area contributed by atoms with Crippen molar-refractivity contribution in [2.24, 2.45) is 0 Å². The standard InChI is InChI=1S/C12H9FN4/c1-7-2-3-8(15)4-9(7)12-16-6-10(13)11(5-14)17-12/h2-4,6H,15H2,1H3. The molecule has 84 valence electrons. The van der Waals surface area contributed by atoms with Crippen molar-refractivity contribution in [1.29, 1.82) is 5.26 Å². The van der Waals surface area contributed by atoms with Crippen LogP contribution in [0.4, 0.5) is 10.1 Å². The van der Waals surface area contributed by atoms with E-state index in [0.29, 0.717) is 17.1 Å². The SMILES string of the molecule is Cc1ccc(N)cc1-c1ncc(F)c(C#N)n1. The van der Waals surface area contributed by atoms with E-state index in [1.54, 1.807) is 18.2 Å². The quantitative estimate of drug-likeness (QED) is 0.758. The predicted molar refractivity (Wildman–Crippen MR) is 61.3 cm³/mol. The summed E-state index contributed by atoms with van der Waals surface area (Å²) < 4.78 is 13.1. The van der Waals surface area contributed by atoms with Crippen LogP contribution in [-0.2, 0) is 0 Å². The highest BCUT2D eigenvalue weighted by molar-refractivity contribution is 5.65. The lowest BCUT2D eigenvalue weighted by Gasteiger charge is -2.05. The van der Waals surface area contributed by atoms with Gasteiger partial charge in [0.1, 0.15) is 6.07 Å². The number of hydrogen-bond donors (Lipinski definition) is 1. The molecule has 0 aliphatic heterocycles. The molecule has 0 saturated heterocycles. The minimum absolute atomic E-state index is 0.267. The van der Waals surface area contributed by atoms with Gasteiger partial charge >= 0.3 is 0 Å². The maximum atomic E-state index is 13.1. The van der Waals surface area contributed by atoms with Gasteiger partial charge in [-0.15, -0.1) is 0 Å². The van der Waals surface area contributed by atoms with Crippen molar-refractivity contribution in [2.75, 3.05) is 5.73 Å². The molecule has 0 fully saturated rings. The minimum Gasteiger partial charge on any atom is -0.399 e. The van der Waals surface area contributed by atoms with Crippen molar-refractivity contribution < 1.29 is 4.39 Å². The highest BCUT2D eigenvalue weighted by Gasteiger charge is 2.10. The van der Waals surface area contributed by atoms with E-state index in [9.17, 15) is 4.39 Å². The fourth-order valence-corrected chi connectivity index (χ4v) is 1.46. The summed E-state index contributed by atoms with van der Waals surface area (Å²) in [5.41, 5.74) is 7.58. The van der Waals surface area contributed by atoms with Crippen LogP contribution in [-0.4, -0.2) is 9.97 Å². The zero-order valence-electron chi connectivity index (χ0n) is 9.11. The summed E-state index contributed by atoms with van der Waals surface area (Å²) in [5, 5.41) is 8.71. The fourth-order valence-electron chi connectivity index (χ4n) is 1.46. The Morgan fingerprint density at radius 1 is 1.41 bits per heavy atom. The molecule has 4 nitrogen and oxygen atoms in total. The number of aromatic nitrogens is 2. The third kappa shape index (κ3) is 2.06. The molecule has 0 aliphatic carbocycles. The Labute approximate surface area is 97.6 Å². The number of benzene rings is 1. The molecule has 1 aromatic heterocycles. The Kier molecular flexibility index (Phi) is 2.71. The summed E-state index contributed by atoms with van der Waals surface area (Å²) in [4.78, 5) is 7.73. The van der Waals surface area contributed by atoms with E-state index >= 15 is 0 Å². The van der Waals surface area contributed by atoms with Crippen LogP contribution in [0, 0.1) is 24.1 Å². The molecule has 0 spiro atoms. The van der Waals surface area contributed by atoms with Gasteiger partial charge in [-0.2, -0.15) is 5.26 Å². The second kappa shape index (κ2) is 4.18. The third-order valence-electron chi connectivity index (χ3n) is 2.35. The van der Waals surface area contributed by atoms with E-state index in [4.69, 9.17) is 11.0 Å². The number of halogens is 1. The average Bonchev–Trinajstić information content (AvgIpc) is 2.33. The van der Waals surface area contributed by atoms with Crippen molar-refractivity contribution in [3.63, 3.8) is 0 Å². The van der Waals surface area contributed by atoms with E-state index in [1.165, 1.54) is 0 Å². The summed E-state index contributed by atoms with van der Waals surface area (Å²) >= 11 is 0. The molecule has 0 amide bonds. The number of nitrogens with zero attached hydrogens (tertiary/aromatic N) is 3. The number of anilines is 1. The summed E-state index contributed by atoms with van der Waals surface area (Å²) in [5.74, 6) is -0.425. The Hall–Kier alpha value is -2.48. The fraction of sp³-hybridized carbons (Fsp3) is 0.0833. The van der Waals surface area contributed by atoms with E-state index in [-0.39, 0.29) is 5.69 Å². The number of nitrogen functional groups attached to an aromatic ring is 1. The first-order valence-corrected chi connectivity index (χ1v) is 4.91. The van der Waals surface area contributed by atoms with Gasteiger partial charge in [-0.05, 0) is 24.6 Å². The van der Waals surface area contributed by atoms with Crippen LogP contribution < -0.4 is 5.73 Å². The normalized spacial score (nSPS) is 9.94. The van der Waals surface area contributed by atoms with Crippen LogP contribution >= 0.6 is 0 Å². The number of rotatable bonds is 1. The van der Waals surface area contributed by atoms with Crippen LogP contribution in [0.1, 0.15) is 11.3 Å². The Morgan fingerprint density at radius 2 is 2.18 bits per heavy atom. The molecule has 1 heterocycles. The van der Waals surface area contributed by atoms with Crippen LogP contribution in [0.25, 0.3) is 11.4 Å². The first kappa shape index (κ1) is 11.0. The van der Waals surface area contributed by atoms with Gasteiger partial charge in [0.25, 0.3) is 0 Å². The number of nitriles is 1. The molecule has 2 aromatic rings. The summed E-state index contributed by atoms with van der Waals surface area (Å²) in [7, 11) is 0. The number of aryl methyl sites for hydroxylation is 1. The van der Waals surface area contributed by atoms with E-state index in [0.717, 1.165) is 11.8 Å². The molecule has 17 heavy (non-hydrogen) atoms. The Bertz CT molecular complexity index is 616. The van der Waals surface area contributed by atoms with Gasteiger partial charge in [-0.1, -0.05) is 6.07 Å². The van der Waals surface area contributed by atoms with E-state index in [2.05, 4.69) is 9.97 Å². The smallest absolute Gasteiger partial charge is 0.180 e. The number of nitrogens with two attached hydrogens (primary N) is 1. The van der Waals surface area contributed by atoms with Gasteiger partial charge < -0.3 is 5.73 Å². The molecule has 0 unspecified atom stereocenters. The first-order chi connectivity index (χ1) is 8.11. The van der Waals surface area contributed by atoms with Gasteiger partial charge in [-0.3, -0.25) is 0 Å². The van der Waals surface area contributed by atoms with Crippen molar-refractivity contribution in [2.45, 2.75) is 6.92 Å². The molecule has 2 N–H and O–H groups in total. The molecule has 0 saturated carbocycles. The summed E-state index contributed by atoms with van der Waals surface area (Å²) in [6, 6.07) is 6.96. The van der Waals surface area contributed by atoms with Gasteiger partial charge in [0.2, 0.25) is 0 Å². The van der Waals surface area contributed by atoms with Crippen LogP contribution in [0.3, 0.4) is 0 Å². The van der Waals surface area contributed by atoms with Crippen molar-refractivity contribution in [3.8, 4) is 17.5 Å². The topological polar surface area (TPSA) is 75.6 Å². The second-order valence-electron chi connectivity index (χ2n) is 3.58. The van der Waals surface area contributed by atoms with Crippen molar-refractivity contribution in [1.82, 2.24) is 9.97 Å². The largest absolute Gasteiger partial charge is 0.399 e. The Balaban J connectivity index is 2.61. The monoisotopic (exact) mass is 228 g/mol. The van der Waals surface area contributed by atoms with Gasteiger partial charge in [-0.25, -0.2) is 14.4 Å².